The number of ether oxygens (including phenoxy) is 1. The monoisotopic (exact) mass is 275 g/mol. The van der Waals surface area contributed by atoms with Crippen molar-refractivity contribution in [2.75, 3.05) is 11.9 Å². The predicted molar refractivity (Wildman–Crippen MR) is 80.0 cm³/mol. The lowest BCUT2D eigenvalue weighted by Gasteiger charge is -2.21. The molecule has 1 fully saturated rings. The summed E-state index contributed by atoms with van der Waals surface area (Å²) in [6.07, 6.45) is 8.43. The molecule has 20 heavy (non-hydrogen) atoms. The zero-order valence-corrected chi connectivity index (χ0v) is 12.6. The van der Waals surface area contributed by atoms with E-state index in [2.05, 4.69) is 19.2 Å². The SMILES string of the molecule is CCCNc1nc(C2CCC(C)O2)nc2c1CCCC2. The normalized spacial score (nSPS) is 25.5. The highest BCUT2D eigenvalue weighted by Gasteiger charge is 2.28. The summed E-state index contributed by atoms with van der Waals surface area (Å²) < 4.78 is 5.95. The van der Waals surface area contributed by atoms with Crippen molar-refractivity contribution in [2.24, 2.45) is 0 Å². The fourth-order valence-electron chi connectivity index (χ4n) is 3.14. The fraction of sp³-hybridized carbons (Fsp3) is 0.750. The third-order valence-corrected chi connectivity index (χ3v) is 4.26. The summed E-state index contributed by atoms with van der Waals surface area (Å²) in [5, 5.41) is 3.49. The second-order valence-corrected chi connectivity index (χ2v) is 6.00. The van der Waals surface area contributed by atoms with Gasteiger partial charge in [-0.05, 0) is 51.9 Å². The maximum Gasteiger partial charge on any atom is 0.159 e. The predicted octanol–water partition coefficient (Wildman–Crippen LogP) is 3.42. The number of hydrogen-bond acceptors (Lipinski definition) is 4. The smallest absolute Gasteiger partial charge is 0.159 e. The van der Waals surface area contributed by atoms with E-state index >= 15 is 0 Å². The number of anilines is 1. The molecule has 2 atom stereocenters. The van der Waals surface area contributed by atoms with Gasteiger partial charge in [-0.25, -0.2) is 9.97 Å². The maximum absolute atomic E-state index is 5.95. The number of nitrogens with one attached hydrogen (secondary N) is 1. The summed E-state index contributed by atoms with van der Waals surface area (Å²) in [6.45, 7) is 5.29. The van der Waals surface area contributed by atoms with Gasteiger partial charge in [0.25, 0.3) is 0 Å². The third-order valence-electron chi connectivity index (χ3n) is 4.26. The Bertz CT molecular complexity index is 475. The van der Waals surface area contributed by atoms with Crippen LogP contribution in [-0.2, 0) is 17.6 Å². The first kappa shape index (κ1) is 13.8. The van der Waals surface area contributed by atoms with Crippen LogP contribution in [0.3, 0.4) is 0 Å². The van der Waals surface area contributed by atoms with Crippen LogP contribution in [0.1, 0.15) is 69.1 Å². The second kappa shape index (κ2) is 6.08. The van der Waals surface area contributed by atoms with Crippen LogP contribution in [0.4, 0.5) is 5.82 Å². The van der Waals surface area contributed by atoms with E-state index in [4.69, 9.17) is 14.7 Å². The Morgan fingerprint density at radius 1 is 1.20 bits per heavy atom. The average molecular weight is 275 g/mol. The third kappa shape index (κ3) is 2.80. The van der Waals surface area contributed by atoms with Crippen LogP contribution in [0.25, 0.3) is 0 Å². The molecule has 110 valence electrons. The number of aromatic nitrogens is 2. The molecule has 2 aliphatic rings. The Balaban J connectivity index is 1.90. The van der Waals surface area contributed by atoms with Gasteiger partial charge in [-0.2, -0.15) is 0 Å². The minimum absolute atomic E-state index is 0.0967. The molecule has 0 bridgehead atoms. The molecule has 0 saturated carbocycles. The summed E-state index contributed by atoms with van der Waals surface area (Å²) >= 11 is 0. The van der Waals surface area contributed by atoms with E-state index in [1.807, 2.05) is 0 Å². The molecule has 0 aromatic carbocycles. The van der Waals surface area contributed by atoms with Gasteiger partial charge in [0.05, 0.1) is 6.10 Å². The van der Waals surface area contributed by atoms with Gasteiger partial charge in [0, 0.05) is 17.8 Å². The molecular formula is C16H25N3O. The van der Waals surface area contributed by atoms with Crippen molar-refractivity contribution in [1.29, 1.82) is 0 Å². The Morgan fingerprint density at radius 3 is 2.80 bits per heavy atom. The lowest BCUT2D eigenvalue weighted by molar-refractivity contribution is 0.0502. The Morgan fingerprint density at radius 2 is 2.05 bits per heavy atom. The van der Waals surface area contributed by atoms with Crippen molar-refractivity contribution < 1.29 is 4.74 Å². The first-order valence-electron chi connectivity index (χ1n) is 8.07. The largest absolute Gasteiger partial charge is 0.370 e. The van der Waals surface area contributed by atoms with Crippen LogP contribution >= 0.6 is 0 Å². The molecule has 3 rings (SSSR count). The topological polar surface area (TPSA) is 47.0 Å². The summed E-state index contributed by atoms with van der Waals surface area (Å²) in [4.78, 5) is 9.62. The summed E-state index contributed by atoms with van der Waals surface area (Å²) in [7, 11) is 0. The van der Waals surface area contributed by atoms with Crippen molar-refractivity contribution in [3.63, 3.8) is 0 Å². The second-order valence-electron chi connectivity index (χ2n) is 6.00. The van der Waals surface area contributed by atoms with Crippen molar-refractivity contribution in [2.45, 2.75) is 71.0 Å². The molecule has 1 aromatic heterocycles. The van der Waals surface area contributed by atoms with Gasteiger partial charge >= 0.3 is 0 Å². The molecule has 1 saturated heterocycles. The van der Waals surface area contributed by atoms with Crippen LogP contribution in [0.15, 0.2) is 0 Å². The maximum atomic E-state index is 5.95. The van der Waals surface area contributed by atoms with Crippen molar-refractivity contribution in [3.8, 4) is 0 Å². The molecule has 2 heterocycles. The zero-order valence-electron chi connectivity index (χ0n) is 12.6. The summed E-state index contributed by atoms with van der Waals surface area (Å²) in [6, 6.07) is 0. The van der Waals surface area contributed by atoms with E-state index in [-0.39, 0.29) is 6.10 Å². The lowest BCUT2D eigenvalue weighted by atomic mass is 9.96. The van der Waals surface area contributed by atoms with Gasteiger partial charge in [-0.3, -0.25) is 0 Å². The molecule has 0 spiro atoms. The molecule has 1 aliphatic carbocycles. The molecule has 4 nitrogen and oxygen atoms in total. The Kier molecular flexibility index (Phi) is 4.20. The number of nitrogens with zero attached hydrogens (tertiary/aromatic N) is 2. The number of rotatable bonds is 4. The van der Waals surface area contributed by atoms with Crippen molar-refractivity contribution in [3.05, 3.63) is 17.1 Å². The molecule has 2 unspecified atom stereocenters. The average Bonchev–Trinajstić information content (AvgIpc) is 2.91. The van der Waals surface area contributed by atoms with E-state index < -0.39 is 0 Å². The molecule has 1 aliphatic heterocycles. The molecule has 4 heteroatoms. The van der Waals surface area contributed by atoms with Gasteiger partial charge in [-0.1, -0.05) is 6.92 Å². The molecule has 0 amide bonds. The standard InChI is InChI=1S/C16H25N3O/c1-3-10-17-15-12-6-4-5-7-13(12)18-16(19-15)14-9-8-11(2)20-14/h11,14H,3-10H2,1-2H3,(H,17,18,19). The highest BCUT2D eigenvalue weighted by atomic mass is 16.5. The number of aryl methyl sites for hydroxylation is 1. The Labute approximate surface area is 121 Å². The van der Waals surface area contributed by atoms with Crippen LogP contribution in [0.2, 0.25) is 0 Å². The number of hydrogen-bond donors (Lipinski definition) is 1. The van der Waals surface area contributed by atoms with Crippen LogP contribution in [0.5, 0.6) is 0 Å². The van der Waals surface area contributed by atoms with Gasteiger partial charge in [-0.15, -0.1) is 0 Å². The van der Waals surface area contributed by atoms with Gasteiger partial charge in [0.1, 0.15) is 11.9 Å². The first-order chi connectivity index (χ1) is 9.78. The first-order valence-corrected chi connectivity index (χ1v) is 8.07. The van der Waals surface area contributed by atoms with E-state index in [0.717, 1.165) is 50.3 Å². The highest BCUT2D eigenvalue weighted by molar-refractivity contribution is 5.48. The summed E-state index contributed by atoms with van der Waals surface area (Å²) in [5.41, 5.74) is 2.60. The molecular weight excluding hydrogens is 250 g/mol. The summed E-state index contributed by atoms with van der Waals surface area (Å²) in [5.74, 6) is 1.96. The highest BCUT2D eigenvalue weighted by Crippen LogP contribution is 2.33. The Hall–Kier alpha value is -1.16. The van der Waals surface area contributed by atoms with Crippen LogP contribution in [-0.4, -0.2) is 22.6 Å². The number of fused-ring (bicyclic) bond motifs is 1. The minimum atomic E-state index is 0.0967. The minimum Gasteiger partial charge on any atom is -0.370 e. The van der Waals surface area contributed by atoms with Gasteiger partial charge < -0.3 is 10.1 Å². The van der Waals surface area contributed by atoms with Gasteiger partial charge in [0.15, 0.2) is 5.82 Å². The molecule has 0 radical (unpaired) electrons. The van der Waals surface area contributed by atoms with Crippen molar-refractivity contribution in [1.82, 2.24) is 9.97 Å². The molecule has 1 aromatic rings. The van der Waals surface area contributed by atoms with Gasteiger partial charge in [0.2, 0.25) is 0 Å². The van der Waals surface area contributed by atoms with Crippen molar-refractivity contribution >= 4 is 5.82 Å². The van der Waals surface area contributed by atoms with E-state index in [1.165, 1.54) is 24.1 Å². The van der Waals surface area contributed by atoms with E-state index in [1.54, 1.807) is 0 Å². The quantitative estimate of drug-likeness (QED) is 0.914. The molecule has 1 N–H and O–H groups in total. The van der Waals surface area contributed by atoms with Crippen LogP contribution < -0.4 is 5.32 Å². The fourth-order valence-corrected chi connectivity index (χ4v) is 3.14. The van der Waals surface area contributed by atoms with E-state index in [0.29, 0.717) is 6.10 Å². The zero-order chi connectivity index (χ0) is 13.9. The van der Waals surface area contributed by atoms with E-state index in [9.17, 15) is 0 Å². The van der Waals surface area contributed by atoms with Crippen LogP contribution in [0, 0.1) is 0 Å². The lowest BCUT2D eigenvalue weighted by Crippen LogP contribution is -2.17.